The number of imidazole rings is 2. The highest BCUT2D eigenvalue weighted by Gasteiger charge is 2.40. The molecular formula is C36H39ClN6O3. The molecule has 238 valence electrons. The fourth-order valence-corrected chi connectivity index (χ4v) is 7.60. The van der Waals surface area contributed by atoms with Gasteiger partial charge in [-0.2, -0.15) is 0 Å². The van der Waals surface area contributed by atoms with Gasteiger partial charge >= 0.3 is 6.09 Å². The Hall–Kier alpha value is -4.08. The number of H-pyrrole nitrogens is 2. The molecule has 0 unspecified atom stereocenters. The van der Waals surface area contributed by atoms with E-state index in [2.05, 4.69) is 64.7 Å². The highest BCUT2D eigenvalue weighted by Crippen LogP contribution is 2.44. The van der Waals surface area contributed by atoms with Crippen molar-refractivity contribution < 1.29 is 14.3 Å². The Morgan fingerprint density at radius 2 is 1.83 bits per heavy atom. The monoisotopic (exact) mass is 638 g/mol. The topological polar surface area (TPSA) is 108 Å². The maximum atomic E-state index is 13.1. The Labute approximate surface area is 273 Å². The summed E-state index contributed by atoms with van der Waals surface area (Å²) in [6, 6.07) is 15.5. The molecule has 9 nitrogen and oxygen atoms in total. The van der Waals surface area contributed by atoms with Crippen LogP contribution in [-0.4, -0.2) is 48.6 Å². The van der Waals surface area contributed by atoms with Crippen LogP contribution in [0, 0.1) is 0 Å². The average molecular weight is 639 g/mol. The van der Waals surface area contributed by atoms with Gasteiger partial charge in [0.05, 0.1) is 23.1 Å². The Kier molecular flexibility index (Phi) is 6.85. The molecule has 3 aliphatic heterocycles. The minimum Gasteiger partial charge on any atom is -0.488 e. The van der Waals surface area contributed by atoms with Gasteiger partial charge in [0.2, 0.25) is 0 Å². The fraction of sp³-hybridized carbons (Fsp3) is 0.417. The fourth-order valence-electron chi connectivity index (χ4n) is 7.35. The quantitative estimate of drug-likeness (QED) is 0.183. The molecule has 1 amide bonds. The largest absolute Gasteiger partial charge is 0.488 e. The van der Waals surface area contributed by atoms with Crippen LogP contribution >= 0.6 is 11.6 Å². The van der Waals surface area contributed by atoms with Crippen molar-refractivity contribution in [3.63, 3.8) is 0 Å². The Balaban J connectivity index is 1.10. The van der Waals surface area contributed by atoms with Gasteiger partial charge in [-0.15, -0.1) is 0 Å². The predicted octanol–water partition coefficient (Wildman–Crippen LogP) is 8.59. The van der Waals surface area contributed by atoms with Crippen LogP contribution < -0.4 is 10.1 Å². The normalized spacial score (nSPS) is 22.7. The summed E-state index contributed by atoms with van der Waals surface area (Å²) in [6.07, 6.45) is 3.57. The van der Waals surface area contributed by atoms with Crippen molar-refractivity contribution in [2.75, 3.05) is 0 Å². The molecule has 2 fully saturated rings. The number of benzene rings is 3. The number of aromatic nitrogens is 4. The SMILES string of the molecule is C[C@H]1CC[C@@H](c2nc3c(ccc4cc5c(cc43)OCc3cc(-c4nc([C@@H]6CC[C@H](C)N6C(=O)OC(C)(C)C)[nH]c4Cl)ccc3-5)[nH]2)N1. The lowest BCUT2D eigenvalue weighted by atomic mass is 9.92. The van der Waals surface area contributed by atoms with Crippen LogP contribution in [0.4, 0.5) is 4.79 Å². The third-order valence-electron chi connectivity index (χ3n) is 9.61. The lowest BCUT2D eigenvalue weighted by molar-refractivity contribution is 0.0151. The molecule has 0 aliphatic carbocycles. The lowest BCUT2D eigenvalue weighted by Crippen LogP contribution is -2.40. The van der Waals surface area contributed by atoms with Crippen molar-refractivity contribution in [3.8, 4) is 28.1 Å². The molecule has 4 atom stereocenters. The molecule has 0 bridgehead atoms. The van der Waals surface area contributed by atoms with Gasteiger partial charge < -0.3 is 24.8 Å². The molecule has 5 aromatic rings. The molecule has 5 heterocycles. The first-order valence-electron chi connectivity index (χ1n) is 16.3. The number of halogens is 1. The minimum absolute atomic E-state index is 0.0449. The van der Waals surface area contributed by atoms with Crippen LogP contribution in [0.1, 0.15) is 89.6 Å². The van der Waals surface area contributed by atoms with E-state index in [4.69, 9.17) is 31.0 Å². The molecule has 3 aromatic carbocycles. The van der Waals surface area contributed by atoms with E-state index in [0.717, 1.165) is 81.3 Å². The Morgan fingerprint density at radius 1 is 0.978 bits per heavy atom. The second-order valence-corrected chi connectivity index (χ2v) is 14.5. The number of carbonyl (C=O) groups is 1. The molecule has 8 rings (SSSR count). The van der Waals surface area contributed by atoms with E-state index in [0.29, 0.717) is 29.3 Å². The van der Waals surface area contributed by atoms with Gasteiger partial charge in [0, 0.05) is 28.6 Å². The predicted molar refractivity (Wildman–Crippen MR) is 180 cm³/mol. The van der Waals surface area contributed by atoms with E-state index in [-0.39, 0.29) is 24.2 Å². The first-order valence-corrected chi connectivity index (χ1v) is 16.7. The molecule has 46 heavy (non-hydrogen) atoms. The van der Waals surface area contributed by atoms with Gasteiger partial charge in [-0.05, 0) is 101 Å². The summed E-state index contributed by atoms with van der Waals surface area (Å²) < 4.78 is 12.1. The minimum atomic E-state index is -0.577. The van der Waals surface area contributed by atoms with Crippen LogP contribution in [-0.2, 0) is 11.3 Å². The first-order chi connectivity index (χ1) is 22.0. The standard InChI is InChI=1S/C36H39ClN6O3/c1-18-6-11-27(38-18)33-39-26-12-9-20-15-25-23-10-8-21(14-22(23)17-45-29(25)16-24(20)31(26)41-33)30-32(37)42-34(40-30)28-13-7-19(2)43(28)35(44)46-36(3,4)5/h8-10,12,14-16,18-19,27-28,38H,6-7,11,13,17H2,1-5H3,(H,39,41)(H,40,42)/t18-,19-,27-,28-/m0/s1. The third-order valence-corrected chi connectivity index (χ3v) is 9.88. The van der Waals surface area contributed by atoms with E-state index in [1.807, 2.05) is 27.7 Å². The molecule has 0 saturated carbocycles. The number of nitrogens with zero attached hydrogens (tertiary/aromatic N) is 3. The zero-order valence-electron chi connectivity index (χ0n) is 26.8. The summed E-state index contributed by atoms with van der Waals surface area (Å²) in [5.74, 6) is 2.53. The summed E-state index contributed by atoms with van der Waals surface area (Å²) in [5, 5.41) is 6.30. The number of ether oxygens (including phenoxy) is 2. The number of nitrogens with one attached hydrogen (secondary N) is 3. The maximum absolute atomic E-state index is 13.1. The lowest BCUT2D eigenvalue weighted by Gasteiger charge is -2.30. The molecular weight excluding hydrogens is 600 g/mol. The summed E-state index contributed by atoms with van der Waals surface area (Å²) in [7, 11) is 0. The smallest absolute Gasteiger partial charge is 0.411 e. The van der Waals surface area contributed by atoms with Crippen LogP contribution in [0.2, 0.25) is 5.15 Å². The number of fused-ring (bicyclic) bond motifs is 6. The first kappa shape index (κ1) is 29.3. The number of rotatable bonds is 3. The van der Waals surface area contributed by atoms with Gasteiger partial charge in [-0.1, -0.05) is 29.8 Å². The second-order valence-electron chi connectivity index (χ2n) is 14.1. The zero-order chi connectivity index (χ0) is 31.9. The second kappa shape index (κ2) is 10.7. The van der Waals surface area contributed by atoms with Crippen molar-refractivity contribution in [2.24, 2.45) is 0 Å². The molecule has 10 heteroatoms. The van der Waals surface area contributed by atoms with E-state index < -0.39 is 5.60 Å². The van der Waals surface area contributed by atoms with Crippen molar-refractivity contribution in [1.29, 1.82) is 0 Å². The summed E-state index contributed by atoms with van der Waals surface area (Å²) in [5.41, 5.74) is 6.26. The van der Waals surface area contributed by atoms with Crippen molar-refractivity contribution in [2.45, 2.75) is 96.7 Å². The molecule has 3 aliphatic rings. The van der Waals surface area contributed by atoms with E-state index >= 15 is 0 Å². The van der Waals surface area contributed by atoms with Crippen LogP contribution in [0.5, 0.6) is 5.75 Å². The average Bonchev–Trinajstić information content (AvgIpc) is 3.80. The number of aromatic amines is 2. The summed E-state index contributed by atoms with van der Waals surface area (Å²) >= 11 is 6.76. The van der Waals surface area contributed by atoms with Crippen LogP contribution in [0.15, 0.2) is 42.5 Å². The highest BCUT2D eigenvalue weighted by molar-refractivity contribution is 6.32. The molecule has 2 saturated heterocycles. The van der Waals surface area contributed by atoms with Gasteiger partial charge in [0.1, 0.15) is 40.5 Å². The van der Waals surface area contributed by atoms with Gasteiger partial charge in [0.25, 0.3) is 0 Å². The van der Waals surface area contributed by atoms with Crippen molar-refractivity contribution in [3.05, 3.63) is 64.8 Å². The van der Waals surface area contributed by atoms with E-state index in [1.165, 1.54) is 0 Å². The Morgan fingerprint density at radius 3 is 2.61 bits per heavy atom. The number of hydrogen-bond donors (Lipinski definition) is 3. The van der Waals surface area contributed by atoms with Crippen LogP contribution in [0.25, 0.3) is 44.2 Å². The number of hydrogen-bond acceptors (Lipinski definition) is 6. The number of carbonyl (C=O) groups excluding carboxylic acids is 1. The molecule has 3 N–H and O–H groups in total. The zero-order valence-corrected chi connectivity index (χ0v) is 27.6. The maximum Gasteiger partial charge on any atom is 0.411 e. The Bertz CT molecular complexity index is 2010. The highest BCUT2D eigenvalue weighted by atomic mass is 35.5. The van der Waals surface area contributed by atoms with Crippen molar-refractivity contribution >= 4 is 39.5 Å². The number of amides is 1. The van der Waals surface area contributed by atoms with Gasteiger partial charge in [-0.25, -0.2) is 14.8 Å². The summed E-state index contributed by atoms with van der Waals surface area (Å²) in [6.45, 7) is 10.3. The summed E-state index contributed by atoms with van der Waals surface area (Å²) in [4.78, 5) is 31.7. The third kappa shape index (κ3) is 5.00. The van der Waals surface area contributed by atoms with Crippen molar-refractivity contribution in [1.82, 2.24) is 30.2 Å². The molecule has 2 aromatic heterocycles. The van der Waals surface area contributed by atoms with Gasteiger partial charge in [0.15, 0.2) is 0 Å². The van der Waals surface area contributed by atoms with Gasteiger partial charge in [-0.3, -0.25) is 4.90 Å². The number of likely N-dealkylation sites (tertiary alicyclic amines) is 1. The molecule has 0 spiro atoms. The van der Waals surface area contributed by atoms with Crippen LogP contribution in [0.3, 0.4) is 0 Å². The molecule has 0 radical (unpaired) electrons. The van der Waals surface area contributed by atoms with E-state index in [9.17, 15) is 4.79 Å². The van der Waals surface area contributed by atoms with E-state index in [1.54, 1.807) is 4.90 Å².